The lowest BCUT2D eigenvalue weighted by molar-refractivity contribution is -0.313. The Hall–Kier alpha value is -2.52. The Balaban J connectivity index is 1.61. The molecule has 30 heavy (non-hydrogen) atoms. The Kier molecular flexibility index (Phi) is 4.85. The molecular weight excluding hydrogens is 412 g/mol. The fourth-order valence-corrected chi connectivity index (χ4v) is 4.05. The predicted molar refractivity (Wildman–Crippen MR) is 96.4 cm³/mol. The number of halogens is 6. The molecule has 1 N–H and O–H groups in total. The molecule has 2 saturated carbocycles. The molecule has 1 aromatic heterocycles. The predicted octanol–water partition coefficient (Wildman–Crippen LogP) is 5.25. The van der Waals surface area contributed by atoms with E-state index in [4.69, 9.17) is 0 Å². The average Bonchev–Trinajstić information content (AvgIpc) is 2.91. The highest BCUT2D eigenvalue weighted by molar-refractivity contribution is 5.92. The molecule has 0 spiro atoms. The second kappa shape index (κ2) is 7.02. The molecule has 2 aromatic rings. The number of carbonyl (C=O) groups is 1. The first-order chi connectivity index (χ1) is 14.0. The molecule has 0 saturated heterocycles. The summed E-state index contributed by atoms with van der Waals surface area (Å²) >= 11 is 0. The van der Waals surface area contributed by atoms with Gasteiger partial charge in [0.2, 0.25) is 5.91 Å². The maximum atomic E-state index is 13.8. The lowest BCUT2D eigenvalue weighted by Gasteiger charge is -2.43. The normalized spacial score (nSPS) is 22.3. The second-order valence-corrected chi connectivity index (χ2v) is 7.97. The van der Waals surface area contributed by atoms with Gasteiger partial charge >= 0.3 is 11.8 Å². The van der Waals surface area contributed by atoms with E-state index in [1.165, 1.54) is 10.7 Å². The van der Waals surface area contributed by atoms with Crippen LogP contribution in [0.4, 0.5) is 32.2 Å². The summed E-state index contributed by atoms with van der Waals surface area (Å²) in [5.41, 5.74) is 1.44. The van der Waals surface area contributed by atoms with Crippen molar-refractivity contribution >= 4 is 11.7 Å². The molecule has 0 bridgehead atoms. The van der Waals surface area contributed by atoms with Crippen molar-refractivity contribution in [2.45, 2.75) is 49.9 Å². The summed E-state index contributed by atoms with van der Waals surface area (Å²) in [7, 11) is 1.56. The maximum Gasteiger partial charge on any atom is 0.313 e. The second-order valence-electron chi connectivity index (χ2n) is 7.97. The van der Waals surface area contributed by atoms with Gasteiger partial charge in [0, 0.05) is 36.9 Å². The fraction of sp³-hybridized carbons (Fsp3) is 0.500. The van der Waals surface area contributed by atoms with Gasteiger partial charge < -0.3 is 5.32 Å². The number of nitrogens with zero attached hydrogens (tertiary/aromatic N) is 2. The summed E-state index contributed by atoms with van der Waals surface area (Å²) < 4.78 is 81.5. The molecule has 10 heteroatoms. The van der Waals surface area contributed by atoms with Crippen LogP contribution in [0.15, 0.2) is 18.2 Å². The van der Waals surface area contributed by atoms with E-state index in [9.17, 15) is 31.1 Å². The Morgan fingerprint density at radius 2 is 1.90 bits per heavy atom. The Bertz CT molecular complexity index is 999. The molecule has 0 radical (unpaired) electrons. The van der Waals surface area contributed by atoms with Crippen LogP contribution in [0, 0.1) is 17.6 Å². The van der Waals surface area contributed by atoms with Crippen molar-refractivity contribution in [3.8, 4) is 11.3 Å². The van der Waals surface area contributed by atoms with Crippen molar-refractivity contribution in [3.05, 3.63) is 35.4 Å². The van der Waals surface area contributed by atoms with Gasteiger partial charge in [-0.1, -0.05) is 6.42 Å². The summed E-state index contributed by atoms with van der Waals surface area (Å²) in [4.78, 5) is 12.3. The van der Waals surface area contributed by atoms with Crippen LogP contribution in [0.25, 0.3) is 11.3 Å². The summed E-state index contributed by atoms with van der Waals surface area (Å²) in [5.74, 6) is -12.8. The Morgan fingerprint density at radius 3 is 2.43 bits per heavy atom. The lowest BCUT2D eigenvalue weighted by atomic mass is 9.74. The van der Waals surface area contributed by atoms with Gasteiger partial charge in [-0.3, -0.25) is 9.48 Å². The number of hydrogen-bond donors (Lipinski definition) is 1. The van der Waals surface area contributed by atoms with Crippen molar-refractivity contribution in [1.29, 1.82) is 0 Å². The molecule has 1 atom stereocenters. The molecule has 4 rings (SSSR count). The van der Waals surface area contributed by atoms with E-state index in [0.717, 1.165) is 31.4 Å². The molecule has 162 valence electrons. The average molecular weight is 431 g/mol. The van der Waals surface area contributed by atoms with Crippen LogP contribution in [0.2, 0.25) is 0 Å². The van der Waals surface area contributed by atoms with E-state index in [1.54, 1.807) is 7.05 Å². The monoisotopic (exact) mass is 431 g/mol. The van der Waals surface area contributed by atoms with Crippen LogP contribution in [-0.2, 0) is 11.8 Å². The minimum Gasteiger partial charge on any atom is -0.309 e. The molecule has 1 heterocycles. The molecule has 1 amide bonds. The van der Waals surface area contributed by atoms with E-state index >= 15 is 0 Å². The number of amides is 1. The van der Waals surface area contributed by atoms with E-state index in [2.05, 4.69) is 10.4 Å². The first-order valence-corrected chi connectivity index (χ1v) is 9.59. The smallest absolute Gasteiger partial charge is 0.309 e. The van der Waals surface area contributed by atoms with Crippen LogP contribution in [0.1, 0.15) is 43.6 Å². The van der Waals surface area contributed by atoms with Crippen LogP contribution in [0.5, 0.6) is 0 Å². The number of nitrogens with one attached hydrogen (secondary N) is 1. The highest BCUT2D eigenvalue weighted by Gasteiger charge is 2.71. The molecule has 0 unspecified atom stereocenters. The van der Waals surface area contributed by atoms with E-state index in [-0.39, 0.29) is 11.7 Å². The van der Waals surface area contributed by atoms with Crippen LogP contribution in [0.3, 0.4) is 0 Å². The number of hydrogen-bond acceptors (Lipinski definition) is 2. The lowest BCUT2D eigenvalue weighted by Crippen LogP contribution is -2.59. The van der Waals surface area contributed by atoms with Crippen molar-refractivity contribution in [3.63, 3.8) is 0 Å². The first kappa shape index (κ1) is 20.7. The third-order valence-electron chi connectivity index (χ3n) is 5.98. The first-order valence-electron chi connectivity index (χ1n) is 9.59. The van der Waals surface area contributed by atoms with Gasteiger partial charge in [-0.15, -0.1) is 0 Å². The fourth-order valence-electron chi connectivity index (χ4n) is 4.05. The number of carbonyl (C=O) groups excluding carboxylic acids is 1. The van der Waals surface area contributed by atoms with E-state index < -0.39 is 48.1 Å². The van der Waals surface area contributed by atoms with Gasteiger partial charge in [0.25, 0.3) is 0 Å². The SMILES string of the molecule is Cn1nc(NC(=O)C[C@H]2CC(F)(F)C2(F)F)c(C2CCC2)c1-c1ccc(F)c(F)c1. The number of rotatable bonds is 5. The van der Waals surface area contributed by atoms with Crippen molar-refractivity contribution in [1.82, 2.24) is 9.78 Å². The van der Waals surface area contributed by atoms with Crippen molar-refractivity contribution < 1.29 is 31.1 Å². The zero-order valence-corrected chi connectivity index (χ0v) is 16.0. The molecule has 2 aliphatic carbocycles. The zero-order chi connectivity index (χ0) is 21.8. The summed E-state index contributed by atoms with van der Waals surface area (Å²) in [6.45, 7) is 0. The van der Waals surface area contributed by atoms with Crippen molar-refractivity contribution in [2.75, 3.05) is 5.32 Å². The Morgan fingerprint density at radius 1 is 1.20 bits per heavy atom. The van der Waals surface area contributed by atoms with Gasteiger partial charge in [0.1, 0.15) is 0 Å². The number of anilines is 1. The molecular formula is C20H19F6N3O. The molecule has 0 aliphatic heterocycles. The number of benzene rings is 1. The molecule has 1 aromatic carbocycles. The molecule has 4 nitrogen and oxygen atoms in total. The maximum absolute atomic E-state index is 13.8. The number of aryl methyl sites for hydroxylation is 1. The van der Waals surface area contributed by atoms with Gasteiger partial charge in [-0.05, 0) is 37.0 Å². The van der Waals surface area contributed by atoms with Gasteiger partial charge in [-0.25, -0.2) is 8.78 Å². The Labute approximate surface area is 168 Å². The van der Waals surface area contributed by atoms with Gasteiger partial charge in [0.05, 0.1) is 5.69 Å². The number of alkyl halides is 4. The van der Waals surface area contributed by atoms with Crippen LogP contribution in [-0.4, -0.2) is 27.5 Å². The highest BCUT2D eigenvalue weighted by Crippen LogP contribution is 2.56. The van der Waals surface area contributed by atoms with Gasteiger partial charge in [-0.2, -0.15) is 22.7 Å². The van der Waals surface area contributed by atoms with Crippen LogP contribution < -0.4 is 5.32 Å². The molecule has 2 fully saturated rings. The summed E-state index contributed by atoms with van der Waals surface area (Å²) in [6, 6.07) is 3.40. The number of aromatic nitrogens is 2. The van der Waals surface area contributed by atoms with Crippen molar-refractivity contribution in [2.24, 2.45) is 13.0 Å². The van der Waals surface area contributed by atoms with E-state index in [0.29, 0.717) is 16.8 Å². The minimum absolute atomic E-state index is 0.00610. The summed E-state index contributed by atoms with van der Waals surface area (Å²) in [6.07, 6.45) is 0.707. The van der Waals surface area contributed by atoms with E-state index in [1.807, 2.05) is 0 Å². The van der Waals surface area contributed by atoms with Crippen LogP contribution >= 0.6 is 0 Å². The zero-order valence-electron chi connectivity index (χ0n) is 16.0. The quantitative estimate of drug-likeness (QED) is 0.658. The standard InChI is InChI=1S/C20H19F6N3O/c1-29-17(11-5-6-13(21)14(22)7-11)16(10-3-2-4-10)18(28-29)27-15(30)8-12-9-19(23,24)20(12,25)26/h5-7,10,12H,2-4,8-9H2,1H3,(H,27,28,30)/t12-/m0/s1. The minimum atomic E-state index is -4.22. The largest absolute Gasteiger partial charge is 0.313 e. The van der Waals surface area contributed by atoms with Gasteiger partial charge in [0.15, 0.2) is 17.5 Å². The summed E-state index contributed by atoms with van der Waals surface area (Å²) in [5, 5.41) is 6.69. The molecule has 2 aliphatic rings. The third-order valence-corrected chi connectivity index (χ3v) is 5.98. The highest BCUT2D eigenvalue weighted by atomic mass is 19.3. The third kappa shape index (κ3) is 3.26. The topological polar surface area (TPSA) is 46.9 Å².